The van der Waals surface area contributed by atoms with Gasteiger partial charge in [0.1, 0.15) is 0 Å². The van der Waals surface area contributed by atoms with Gasteiger partial charge in [-0.2, -0.15) is 0 Å². The first-order valence-electron chi connectivity index (χ1n) is 13.0. The molecular weight excluding hydrogens is 478 g/mol. The molecule has 0 fully saturated rings. The number of nitrogens with zero attached hydrogens (tertiary/aromatic N) is 1. The van der Waals surface area contributed by atoms with Crippen molar-refractivity contribution in [1.29, 1.82) is 0 Å². The van der Waals surface area contributed by atoms with Crippen LogP contribution in [0.25, 0.3) is 79.8 Å². The van der Waals surface area contributed by atoms with Gasteiger partial charge in [0.15, 0.2) is 0 Å². The number of para-hydroxylation sites is 2. The van der Waals surface area contributed by atoms with E-state index in [1.165, 1.54) is 79.8 Å². The quantitative estimate of drug-likeness (QED) is 0.195. The summed E-state index contributed by atoms with van der Waals surface area (Å²) in [5.41, 5.74) is 3.76. The van der Waals surface area contributed by atoms with Gasteiger partial charge in [-0.15, -0.1) is 11.3 Å². The van der Waals surface area contributed by atoms with E-state index >= 15 is 0 Å². The summed E-state index contributed by atoms with van der Waals surface area (Å²) in [6.45, 7) is 0. The molecule has 0 saturated heterocycles. The second-order valence-corrected chi connectivity index (χ2v) is 11.1. The lowest BCUT2D eigenvalue weighted by Crippen LogP contribution is -1.86. The Morgan fingerprint density at radius 2 is 0.921 bits per heavy atom. The molecule has 0 radical (unpaired) electrons. The van der Waals surface area contributed by atoms with E-state index in [2.05, 4.69) is 132 Å². The van der Waals surface area contributed by atoms with Crippen LogP contribution in [0.2, 0.25) is 0 Å². The molecule has 0 aliphatic carbocycles. The van der Waals surface area contributed by atoms with Crippen LogP contribution < -0.4 is 0 Å². The topological polar surface area (TPSA) is 4.41 Å². The second-order valence-electron chi connectivity index (χ2n) is 10.1. The second kappa shape index (κ2) is 7.44. The predicted molar refractivity (Wildman–Crippen MR) is 167 cm³/mol. The highest BCUT2D eigenvalue weighted by atomic mass is 32.1. The van der Waals surface area contributed by atoms with Crippen molar-refractivity contribution in [2.24, 2.45) is 0 Å². The average Bonchev–Trinajstić information content (AvgIpc) is 3.53. The van der Waals surface area contributed by atoms with E-state index in [0.29, 0.717) is 0 Å². The van der Waals surface area contributed by atoms with Crippen molar-refractivity contribution < 1.29 is 0 Å². The number of hydrogen-bond donors (Lipinski definition) is 0. The van der Waals surface area contributed by atoms with Crippen LogP contribution in [-0.2, 0) is 0 Å². The average molecular weight is 500 g/mol. The molecule has 0 saturated carbocycles. The largest absolute Gasteiger partial charge is 0.308 e. The summed E-state index contributed by atoms with van der Waals surface area (Å²) in [6, 6.07) is 47.0. The van der Waals surface area contributed by atoms with Crippen LogP contribution in [0.5, 0.6) is 0 Å². The third kappa shape index (κ3) is 2.55. The third-order valence-corrected chi connectivity index (χ3v) is 9.37. The number of thiophene rings is 1. The van der Waals surface area contributed by atoms with E-state index in [1.54, 1.807) is 0 Å². The summed E-state index contributed by atoms with van der Waals surface area (Å²) in [5.74, 6) is 0. The zero-order chi connectivity index (χ0) is 24.8. The van der Waals surface area contributed by atoms with Crippen LogP contribution in [0, 0.1) is 0 Å². The molecular formula is C36H21NS. The smallest absolute Gasteiger partial charge is 0.0620 e. The highest BCUT2D eigenvalue weighted by molar-refractivity contribution is 7.26. The molecule has 0 aliphatic heterocycles. The summed E-state index contributed by atoms with van der Waals surface area (Å²) >= 11 is 1.91. The van der Waals surface area contributed by atoms with E-state index in [0.717, 1.165) is 0 Å². The van der Waals surface area contributed by atoms with Crippen LogP contribution in [0.3, 0.4) is 0 Å². The number of benzene rings is 6. The minimum Gasteiger partial charge on any atom is -0.308 e. The third-order valence-electron chi connectivity index (χ3n) is 8.16. The minimum absolute atomic E-state index is 1.22. The monoisotopic (exact) mass is 499 g/mol. The van der Waals surface area contributed by atoms with Gasteiger partial charge in [0.05, 0.1) is 16.6 Å². The number of hydrogen-bond acceptors (Lipinski definition) is 1. The molecule has 1 nitrogen and oxygen atoms in total. The number of aromatic nitrogens is 1. The normalized spacial score (nSPS) is 12.2. The van der Waals surface area contributed by atoms with Gasteiger partial charge in [-0.05, 0) is 39.7 Å². The van der Waals surface area contributed by atoms with Gasteiger partial charge in [0.2, 0.25) is 0 Å². The summed E-state index contributed by atoms with van der Waals surface area (Å²) in [4.78, 5) is 0. The maximum Gasteiger partial charge on any atom is 0.0620 e. The van der Waals surface area contributed by atoms with Crippen LogP contribution in [0.15, 0.2) is 127 Å². The molecule has 9 rings (SSSR count). The van der Waals surface area contributed by atoms with Crippen molar-refractivity contribution in [2.45, 2.75) is 0 Å². The lowest BCUT2D eigenvalue weighted by atomic mass is 10.0. The van der Waals surface area contributed by atoms with E-state index in [9.17, 15) is 0 Å². The summed E-state index contributed by atoms with van der Waals surface area (Å²) < 4.78 is 5.23. The van der Waals surface area contributed by atoms with Crippen molar-refractivity contribution >= 4 is 91.1 Å². The lowest BCUT2D eigenvalue weighted by Gasteiger charge is -2.04. The Kier molecular flexibility index (Phi) is 3.99. The summed E-state index contributed by atoms with van der Waals surface area (Å²) in [5, 5.41) is 13.0. The Labute approximate surface area is 222 Å². The van der Waals surface area contributed by atoms with Crippen LogP contribution in [0.4, 0.5) is 0 Å². The fourth-order valence-electron chi connectivity index (χ4n) is 6.60. The van der Waals surface area contributed by atoms with Gasteiger partial charge in [-0.1, -0.05) is 109 Å². The van der Waals surface area contributed by atoms with E-state index in [1.807, 2.05) is 11.3 Å². The molecule has 0 bridgehead atoms. The first-order valence-corrected chi connectivity index (χ1v) is 13.9. The Bertz CT molecular complexity index is 2460. The molecule has 0 unspecified atom stereocenters. The van der Waals surface area contributed by atoms with E-state index < -0.39 is 0 Å². The predicted octanol–water partition coefficient (Wildman–Crippen LogP) is 10.6. The van der Waals surface area contributed by atoms with Crippen molar-refractivity contribution in [3.8, 4) is 0 Å². The fourth-order valence-corrected chi connectivity index (χ4v) is 7.86. The molecule has 0 aliphatic rings. The SMILES string of the molecule is c1ccc2c(c1)sc1c2ccc2c1c1cccc3c4ccccc4c4ccccc4c4ccccc4n2c31. The Hall–Kier alpha value is -4.66. The molecule has 0 amide bonds. The van der Waals surface area contributed by atoms with Gasteiger partial charge in [-0.25, -0.2) is 0 Å². The van der Waals surface area contributed by atoms with Crippen molar-refractivity contribution in [2.75, 3.05) is 0 Å². The molecule has 0 N–H and O–H groups in total. The highest BCUT2D eigenvalue weighted by Gasteiger charge is 2.18. The lowest BCUT2D eigenvalue weighted by molar-refractivity contribution is 1.36. The molecule has 6 aromatic carbocycles. The molecule has 3 heterocycles. The van der Waals surface area contributed by atoms with Crippen molar-refractivity contribution in [3.63, 3.8) is 0 Å². The Morgan fingerprint density at radius 3 is 1.68 bits per heavy atom. The number of fused-ring (bicyclic) bond motifs is 14. The van der Waals surface area contributed by atoms with E-state index in [4.69, 9.17) is 0 Å². The molecule has 2 heteroatoms. The van der Waals surface area contributed by atoms with Gasteiger partial charge >= 0.3 is 0 Å². The molecule has 3 aromatic heterocycles. The molecule has 38 heavy (non-hydrogen) atoms. The Balaban J connectivity index is 1.72. The molecule has 0 spiro atoms. The van der Waals surface area contributed by atoms with Crippen molar-refractivity contribution in [1.82, 2.24) is 4.40 Å². The van der Waals surface area contributed by atoms with Gasteiger partial charge in [-0.3, -0.25) is 0 Å². The molecule has 0 atom stereocenters. The van der Waals surface area contributed by atoms with Gasteiger partial charge in [0.25, 0.3) is 0 Å². The Morgan fingerprint density at radius 1 is 0.368 bits per heavy atom. The summed E-state index contributed by atoms with van der Waals surface area (Å²) in [7, 11) is 0. The van der Waals surface area contributed by atoms with Gasteiger partial charge in [0, 0.05) is 41.7 Å². The van der Waals surface area contributed by atoms with Crippen LogP contribution >= 0.6 is 11.3 Å². The molecule has 176 valence electrons. The van der Waals surface area contributed by atoms with Gasteiger partial charge < -0.3 is 4.40 Å². The molecule has 9 aromatic rings. The zero-order valence-electron chi connectivity index (χ0n) is 20.5. The number of rotatable bonds is 0. The summed E-state index contributed by atoms with van der Waals surface area (Å²) in [6.07, 6.45) is 0. The minimum atomic E-state index is 1.22. The standard InChI is InChI=1S/C36H21NS/c1-3-12-24-22(10-1)23-11-2-4-13-25(23)28-16-9-17-30-34-32(37(35(28)30)31-18-7-5-14-26(24)31)21-20-29-27-15-6-8-19-33(27)38-36(29)34/h1-21H. The first kappa shape index (κ1) is 20.4. The van der Waals surface area contributed by atoms with E-state index in [-0.39, 0.29) is 0 Å². The maximum atomic E-state index is 2.53. The van der Waals surface area contributed by atoms with Crippen molar-refractivity contribution in [3.05, 3.63) is 127 Å². The fraction of sp³-hybridized carbons (Fsp3) is 0. The zero-order valence-corrected chi connectivity index (χ0v) is 21.3. The first-order chi connectivity index (χ1) is 18.9. The van der Waals surface area contributed by atoms with Crippen LogP contribution in [-0.4, -0.2) is 4.40 Å². The maximum absolute atomic E-state index is 2.53. The van der Waals surface area contributed by atoms with Crippen LogP contribution in [0.1, 0.15) is 0 Å². The highest BCUT2D eigenvalue weighted by Crippen LogP contribution is 2.44.